The second kappa shape index (κ2) is 7.88. The van der Waals surface area contributed by atoms with Crippen molar-refractivity contribution in [3.8, 4) is 0 Å². The molecular formula is C19H22N6O3S2. The summed E-state index contributed by atoms with van der Waals surface area (Å²) in [4.78, 5) is 38.8. The van der Waals surface area contributed by atoms with Crippen LogP contribution in [0.25, 0.3) is 0 Å². The van der Waals surface area contributed by atoms with Crippen LogP contribution in [0.1, 0.15) is 46.9 Å². The standard InChI is InChI=1S/C19H22N6O3S2/c1-10(15(26)14-16(20)23(2)19(28)24(3)17(14)27)30-18-22-21-13(25(18)11-6-7-11)9-12-5-4-8-29-12/h4-5,8,10-11H,6-7,9,20H2,1-3H3/t10-/m1/s1. The molecule has 0 amide bonds. The van der Waals surface area contributed by atoms with Gasteiger partial charge in [-0.05, 0) is 31.2 Å². The van der Waals surface area contributed by atoms with Gasteiger partial charge in [-0.25, -0.2) is 4.79 Å². The Bertz CT molecular complexity index is 1220. The van der Waals surface area contributed by atoms with Crippen molar-refractivity contribution in [1.29, 1.82) is 0 Å². The van der Waals surface area contributed by atoms with Crippen LogP contribution in [0.3, 0.4) is 0 Å². The molecule has 0 saturated heterocycles. The van der Waals surface area contributed by atoms with Gasteiger partial charge in [0.1, 0.15) is 17.2 Å². The average molecular weight is 447 g/mol. The van der Waals surface area contributed by atoms with Crippen molar-refractivity contribution >= 4 is 34.7 Å². The summed E-state index contributed by atoms with van der Waals surface area (Å²) in [5, 5.41) is 10.8. The van der Waals surface area contributed by atoms with Gasteiger partial charge in [-0.2, -0.15) is 0 Å². The Morgan fingerprint density at radius 2 is 2.03 bits per heavy atom. The minimum absolute atomic E-state index is 0.123. The molecular weight excluding hydrogens is 424 g/mol. The molecule has 1 saturated carbocycles. The van der Waals surface area contributed by atoms with E-state index in [4.69, 9.17) is 5.73 Å². The molecule has 30 heavy (non-hydrogen) atoms. The van der Waals surface area contributed by atoms with Crippen molar-refractivity contribution < 1.29 is 4.79 Å². The van der Waals surface area contributed by atoms with E-state index in [0.29, 0.717) is 17.6 Å². The lowest BCUT2D eigenvalue weighted by atomic mass is 10.1. The summed E-state index contributed by atoms with van der Waals surface area (Å²) in [6.07, 6.45) is 2.80. The second-order valence-electron chi connectivity index (χ2n) is 7.35. The van der Waals surface area contributed by atoms with E-state index < -0.39 is 22.3 Å². The van der Waals surface area contributed by atoms with E-state index in [-0.39, 0.29) is 11.4 Å². The molecule has 0 radical (unpaired) electrons. The number of ketones is 1. The Morgan fingerprint density at radius 3 is 2.67 bits per heavy atom. The zero-order valence-electron chi connectivity index (χ0n) is 16.9. The molecule has 9 nitrogen and oxygen atoms in total. The number of nitrogen functional groups attached to an aromatic ring is 1. The Kier molecular flexibility index (Phi) is 5.41. The van der Waals surface area contributed by atoms with E-state index in [1.165, 1.54) is 30.7 Å². The van der Waals surface area contributed by atoms with Gasteiger partial charge in [-0.1, -0.05) is 17.8 Å². The maximum Gasteiger partial charge on any atom is 0.332 e. The van der Waals surface area contributed by atoms with Gasteiger partial charge in [0, 0.05) is 31.4 Å². The number of thioether (sulfide) groups is 1. The lowest BCUT2D eigenvalue weighted by Crippen LogP contribution is -2.42. The SMILES string of the molecule is C[C@@H](Sc1nnc(Cc2cccs2)n1C1CC1)C(=O)c1c(N)n(C)c(=O)n(C)c1=O. The Hall–Kier alpha value is -2.66. The van der Waals surface area contributed by atoms with Crippen LogP contribution in [0.15, 0.2) is 32.3 Å². The van der Waals surface area contributed by atoms with Crippen molar-refractivity contribution in [3.63, 3.8) is 0 Å². The first-order chi connectivity index (χ1) is 14.3. The fourth-order valence-electron chi connectivity index (χ4n) is 3.28. The zero-order chi connectivity index (χ0) is 21.6. The van der Waals surface area contributed by atoms with Crippen molar-refractivity contribution in [2.75, 3.05) is 5.73 Å². The van der Waals surface area contributed by atoms with Gasteiger partial charge < -0.3 is 10.3 Å². The Balaban J connectivity index is 1.63. The summed E-state index contributed by atoms with van der Waals surface area (Å²) >= 11 is 2.93. The van der Waals surface area contributed by atoms with E-state index in [1.54, 1.807) is 18.3 Å². The third-order valence-electron chi connectivity index (χ3n) is 5.17. The molecule has 3 aromatic rings. The van der Waals surface area contributed by atoms with Crippen LogP contribution in [-0.2, 0) is 20.5 Å². The van der Waals surface area contributed by atoms with Crippen LogP contribution in [0, 0.1) is 0 Å². The predicted octanol–water partition coefficient (Wildman–Crippen LogP) is 1.61. The minimum atomic E-state index is -0.685. The van der Waals surface area contributed by atoms with E-state index in [0.717, 1.165) is 27.8 Å². The highest BCUT2D eigenvalue weighted by molar-refractivity contribution is 8.00. The number of nitrogens with zero attached hydrogens (tertiary/aromatic N) is 5. The lowest BCUT2D eigenvalue weighted by Gasteiger charge is -2.15. The highest BCUT2D eigenvalue weighted by atomic mass is 32.2. The largest absolute Gasteiger partial charge is 0.384 e. The van der Waals surface area contributed by atoms with E-state index in [1.807, 2.05) is 11.4 Å². The predicted molar refractivity (Wildman–Crippen MR) is 116 cm³/mol. The minimum Gasteiger partial charge on any atom is -0.384 e. The van der Waals surface area contributed by atoms with Crippen LogP contribution in [0.5, 0.6) is 0 Å². The number of nitrogens with two attached hydrogens (primary N) is 1. The molecule has 3 aromatic heterocycles. The quantitative estimate of drug-likeness (QED) is 0.433. The molecule has 1 fully saturated rings. The van der Waals surface area contributed by atoms with Crippen LogP contribution in [0.4, 0.5) is 5.82 Å². The summed E-state index contributed by atoms with van der Waals surface area (Å²) in [6, 6.07) is 4.41. The average Bonchev–Trinajstić information content (AvgIpc) is 3.28. The van der Waals surface area contributed by atoms with Crippen molar-refractivity contribution in [3.05, 3.63) is 54.6 Å². The number of rotatable bonds is 7. The number of thiophene rings is 1. The molecule has 158 valence electrons. The second-order valence-corrected chi connectivity index (χ2v) is 9.69. The molecule has 0 spiro atoms. The van der Waals surface area contributed by atoms with Gasteiger partial charge in [-0.3, -0.25) is 18.7 Å². The van der Waals surface area contributed by atoms with Crippen LogP contribution >= 0.6 is 23.1 Å². The smallest absolute Gasteiger partial charge is 0.332 e. The van der Waals surface area contributed by atoms with E-state index >= 15 is 0 Å². The van der Waals surface area contributed by atoms with Gasteiger partial charge in [0.2, 0.25) is 0 Å². The number of hydrogen-bond acceptors (Lipinski definition) is 8. The Labute approximate surface area is 180 Å². The summed E-state index contributed by atoms with van der Waals surface area (Å²) in [7, 11) is 2.77. The number of hydrogen-bond donors (Lipinski definition) is 1. The summed E-state index contributed by atoms with van der Waals surface area (Å²) < 4.78 is 4.11. The molecule has 1 aliphatic carbocycles. The number of aromatic nitrogens is 5. The van der Waals surface area contributed by atoms with Gasteiger partial charge in [0.05, 0.1) is 5.25 Å². The molecule has 1 aliphatic rings. The van der Waals surface area contributed by atoms with Gasteiger partial charge in [0.25, 0.3) is 5.56 Å². The molecule has 2 N–H and O–H groups in total. The normalized spacial score (nSPS) is 14.8. The van der Waals surface area contributed by atoms with Crippen molar-refractivity contribution in [1.82, 2.24) is 23.9 Å². The monoisotopic (exact) mass is 446 g/mol. The fourth-order valence-corrected chi connectivity index (χ4v) is 4.98. The van der Waals surface area contributed by atoms with Crippen molar-refractivity contribution in [2.45, 2.75) is 42.6 Å². The topological polar surface area (TPSA) is 118 Å². The number of carbonyl (C=O) groups is 1. The molecule has 1 atom stereocenters. The summed E-state index contributed by atoms with van der Waals surface area (Å²) in [5.41, 5.74) is 4.52. The van der Waals surface area contributed by atoms with E-state index in [2.05, 4.69) is 20.8 Å². The molecule has 0 aliphatic heterocycles. The number of carbonyl (C=O) groups excluding carboxylic acids is 1. The first kappa shape index (κ1) is 20.6. The van der Waals surface area contributed by atoms with Crippen LogP contribution in [0.2, 0.25) is 0 Å². The molecule has 3 heterocycles. The third kappa shape index (κ3) is 3.63. The molecule has 11 heteroatoms. The highest BCUT2D eigenvalue weighted by Crippen LogP contribution is 2.40. The first-order valence-electron chi connectivity index (χ1n) is 9.52. The molecule has 4 rings (SSSR count). The van der Waals surface area contributed by atoms with Crippen LogP contribution < -0.4 is 17.0 Å². The Morgan fingerprint density at radius 1 is 1.30 bits per heavy atom. The molecule has 0 unspecified atom stereocenters. The first-order valence-corrected chi connectivity index (χ1v) is 11.3. The summed E-state index contributed by atoms with van der Waals surface area (Å²) in [5.74, 6) is 0.320. The van der Waals surface area contributed by atoms with Gasteiger partial charge >= 0.3 is 5.69 Å². The maximum absolute atomic E-state index is 13.1. The number of anilines is 1. The van der Waals surface area contributed by atoms with Gasteiger partial charge in [0.15, 0.2) is 10.9 Å². The molecule has 0 aromatic carbocycles. The fraction of sp³-hybridized carbons (Fsp3) is 0.421. The van der Waals surface area contributed by atoms with Crippen molar-refractivity contribution in [2.24, 2.45) is 14.1 Å². The third-order valence-corrected chi connectivity index (χ3v) is 7.10. The van der Waals surface area contributed by atoms with E-state index in [9.17, 15) is 14.4 Å². The maximum atomic E-state index is 13.1. The number of Topliss-reactive ketones (excluding diaryl/α,β-unsaturated/α-hetero) is 1. The van der Waals surface area contributed by atoms with Gasteiger partial charge in [-0.15, -0.1) is 21.5 Å². The lowest BCUT2D eigenvalue weighted by molar-refractivity contribution is 0.0992. The summed E-state index contributed by atoms with van der Waals surface area (Å²) in [6.45, 7) is 1.71. The highest BCUT2D eigenvalue weighted by Gasteiger charge is 2.32. The van der Waals surface area contributed by atoms with Crippen LogP contribution in [-0.4, -0.2) is 34.9 Å². The molecule has 0 bridgehead atoms. The zero-order valence-corrected chi connectivity index (χ0v) is 18.5.